The van der Waals surface area contributed by atoms with E-state index in [0.29, 0.717) is 0 Å². The lowest BCUT2D eigenvalue weighted by molar-refractivity contribution is -0.144. The first kappa shape index (κ1) is 13.5. The molecule has 1 aromatic carbocycles. The van der Waals surface area contributed by atoms with Gasteiger partial charge < -0.3 is 4.90 Å². The van der Waals surface area contributed by atoms with Crippen LogP contribution in [-0.4, -0.2) is 41.5 Å². The minimum atomic E-state index is -0.476. The molecule has 0 aromatic heterocycles. The predicted octanol–water partition coefficient (Wildman–Crippen LogP) is 0.403. The van der Waals surface area contributed by atoms with E-state index in [1.807, 2.05) is 0 Å². The van der Waals surface area contributed by atoms with Crippen LogP contribution in [0, 0.1) is 5.82 Å². The molecule has 100 valence electrons. The van der Waals surface area contributed by atoms with Crippen LogP contribution in [0.5, 0.6) is 0 Å². The first-order valence-electron chi connectivity index (χ1n) is 5.53. The van der Waals surface area contributed by atoms with Crippen molar-refractivity contribution in [2.24, 2.45) is 0 Å². The maximum atomic E-state index is 12.7. The van der Waals surface area contributed by atoms with Gasteiger partial charge in [-0.2, -0.15) is 0 Å². The van der Waals surface area contributed by atoms with Gasteiger partial charge >= 0.3 is 0 Å². The number of thioether (sulfide) groups is 1. The summed E-state index contributed by atoms with van der Waals surface area (Å²) < 4.78 is 12.7. The number of carbonyl (C=O) groups excluding carboxylic acids is 3. The van der Waals surface area contributed by atoms with Crippen molar-refractivity contribution in [3.63, 3.8) is 0 Å². The molecule has 0 saturated carbocycles. The number of nitrogens with one attached hydrogen (secondary N) is 1. The lowest BCUT2D eigenvalue weighted by atomic mass is 10.3. The number of amides is 3. The van der Waals surface area contributed by atoms with E-state index in [2.05, 4.69) is 5.32 Å². The topological polar surface area (TPSA) is 66.5 Å². The number of hydrogen-bond donors (Lipinski definition) is 1. The monoisotopic (exact) mass is 282 g/mol. The minimum absolute atomic E-state index is 0.103. The predicted molar refractivity (Wildman–Crippen MR) is 66.9 cm³/mol. The van der Waals surface area contributed by atoms with Crippen LogP contribution >= 0.6 is 11.8 Å². The molecule has 0 radical (unpaired) electrons. The maximum Gasteiger partial charge on any atom is 0.246 e. The Balaban J connectivity index is 1.88. The summed E-state index contributed by atoms with van der Waals surface area (Å²) in [6, 6.07) is 5.76. The molecule has 1 aliphatic heterocycles. The number of halogens is 1. The molecule has 3 amide bonds. The van der Waals surface area contributed by atoms with Crippen molar-refractivity contribution < 1.29 is 18.8 Å². The van der Waals surface area contributed by atoms with E-state index >= 15 is 0 Å². The SMILES string of the molecule is O=C1CN(C(=O)CSc2ccc(F)cc2)CC(=O)N1. The summed E-state index contributed by atoms with van der Waals surface area (Å²) in [5.41, 5.74) is 0. The van der Waals surface area contributed by atoms with Crippen LogP contribution in [0.25, 0.3) is 0 Å². The number of nitrogens with zero attached hydrogens (tertiary/aromatic N) is 1. The molecule has 2 rings (SSSR count). The quantitative estimate of drug-likeness (QED) is 0.644. The van der Waals surface area contributed by atoms with Gasteiger partial charge in [0.2, 0.25) is 17.7 Å². The van der Waals surface area contributed by atoms with Crippen LogP contribution in [-0.2, 0) is 14.4 Å². The number of imide groups is 1. The average Bonchev–Trinajstić information content (AvgIpc) is 2.36. The summed E-state index contributed by atoms with van der Waals surface area (Å²) in [4.78, 5) is 36.0. The van der Waals surface area contributed by atoms with Gasteiger partial charge in [-0.1, -0.05) is 0 Å². The fourth-order valence-corrected chi connectivity index (χ4v) is 2.38. The highest BCUT2D eigenvalue weighted by Gasteiger charge is 2.25. The number of hydrogen-bond acceptors (Lipinski definition) is 4. The van der Waals surface area contributed by atoms with Gasteiger partial charge in [0.1, 0.15) is 18.9 Å². The van der Waals surface area contributed by atoms with Crippen molar-refractivity contribution in [2.45, 2.75) is 4.90 Å². The van der Waals surface area contributed by atoms with E-state index in [1.54, 1.807) is 12.1 Å². The second kappa shape index (κ2) is 5.83. The molecule has 1 fully saturated rings. The van der Waals surface area contributed by atoms with E-state index in [9.17, 15) is 18.8 Å². The molecule has 1 N–H and O–H groups in total. The highest BCUT2D eigenvalue weighted by molar-refractivity contribution is 8.00. The zero-order valence-electron chi connectivity index (χ0n) is 9.89. The standard InChI is InChI=1S/C12H11FN2O3S/c13-8-1-3-9(4-2-8)19-7-12(18)15-5-10(16)14-11(17)6-15/h1-4H,5-7H2,(H,14,16,17). The first-order valence-corrected chi connectivity index (χ1v) is 6.52. The summed E-state index contributed by atoms with van der Waals surface area (Å²) in [5, 5.41) is 2.12. The third-order valence-corrected chi connectivity index (χ3v) is 3.47. The summed E-state index contributed by atoms with van der Waals surface area (Å²) in [5.74, 6) is -1.48. The maximum absolute atomic E-state index is 12.7. The Morgan fingerprint density at radius 1 is 1.21 bits per heavy atom. The highest BCUT2D eigenvalue weighted by atomic mass is 32.2. The van der Waals surface area contributed by atoms with Crippen molar-refractivity contribution >= 4 is 29.5 Å². The largest absolute Gasteiger partial charge is 0.323 e. The molecule has 5 nitrogen and oxygen atoms in total. The molecule has 0 spiro atoms. The van der Waals surface area contributed by atoms with Crippen LogP contribution in [0.3, 0.4) is 0 Å². The van der Waals surface area contributed by atoms with Crippen LogP contribution in [0.4, 0.5) is 4.39 Å². The Morgan fingerprint density at radius 3 is 2.37 bits per heavy atom. The zero-order chi connectivity index (χ0) is 13.8. The van der Waals surface area contributed by atoms with Gasteiger partial charge in [0.25, 0.3) is 0 Å². The fourth-order valence-electron chi connectivity index (χ4n) is 1.58. The van der Waals surface area contributed by atoms with Crippen LogP contribution in [0.1, 0.15) is 0 Å². The van der Waals surface area contributed by atoms with Gasteiger partial charge in [-0.25, -0.2) is 4.39 Å². The summed E-state index contributed by atoms with van der Waals surface area (Å²) in [6.45, 7) is -0.205. The molecule has 0 unspecified atom stereocenters. The number of benzene rings is 1. The highest BCUT2D eigenvalue weighted by Crippen LogP contribution is 2.18. The molecule has 7 heteroatoms. The molecule has 1 aliphatic rings. The Hall–Kier alpha value is -1.89. The number of piperazine rings is 1. The van der Waals surface area contributed by atoms with Crippen LogP contribution < -0.4 is 5.32 Å². The minimum Gasteiger partial charge on any atom is -0.323 e. The van der Waals surface area contributed by atoms with Gasteiger partial charge in [-0.05, 0) is 24.3 Å². The van der Waals surface area contributed by atoms with E-state index in [0.717, 1.165) is 4.90 Å². The fraction of sp³-hybridized carbons (Fsp3) is 0.250. The Kier molecular flexibility index (Phi) is 4.16. The molecule has 1 saturated heterocycles. The summed E-state index contributed by atoms with van der Waals surface area (Å²) >= 11 is 1.23. The molecular formula is C12H11FN2O3S. The van der Waals surface area contributed by atoms with Crippen molar-refractivity contribution in [1.29, 1.82) is 0 Å². The second-order valence-electron chi connectivity index (χ2n) is 3.96. The van der Waals surface area contributed by atoms with Crippen molar-refractivity contribution in [1.82, 2.24) is 10.2 Å². The van der Waals surface area contributed by atoms with Gasteiger partial charge in [0.15, 0.2) is 0 Å². The van der Waals surface area contributed by atoms with Gasteiger partial charge in [0.05, 0.1) is 5.75 Å². The molecule has 0 atom stereocenters. The molecule has 0 bridgehead atoms. The molecular weight excluding hydrogens is 271 g/mol. The Morgan fingerprint density at radius 2 is 1.79 bits per heavy atom. The Labute approximate surface area is 113 Å². The smallest absolute Gasteiger partial charge is 0.246 e. The van der Waals surface area contributed by atoms with Gasteiger partial charge in [0, 0.05) is 4.90 Å². The normalized spacial score (nSPS) is 15.3. The van der Waals surface area contributed by atoms with Crippen LogP contribution in [0.15, 0.2) is 29.2 Å². The summed E-state index contributed by atoms with van der Waals surface area (Å²) in [7, 11) is 0. The number of rotatable bonds is 3. The lowest BCUT2D eigenvalue weighted by Crippen LogP contribution is -2.53. The Bertz CT molecular complexity index is 502. The van der Waals surface area contributed by atoms with Crippen molar-refractivity contribution in [3.8, 4) is 0 Å². The lowest BCUT2D eigenvalue weighted by Gasteiger charge is -2.25. The molecule has 19 heavy (non-hydrogen) atoms. The number of carbonyl (C=O) groups is 3. The molecule has 1 aromatic rings. The summed E-state index contributed by atoms with van der Waals surface area (Å²) in [6.07, 6.45) is 0. The van der Waals surface area contributed by atoms with E-state index in [4.69, 9.17) is 0 Å². The van der Waals surface area contributed by atoms with Gasteiger partial charge in [-0.15, -0.1) is 11.8 Å². The third kappa shape index (κ3) is 3.78. The average molecular weight is 282 g/mol. The molecule has 0 aliphatic carbocycles. The zero-order valence-corrected chi connectivity index (χ0v) is 10.7. The van der Waals surface area contributed by atoms with Gasteiger partial charge in [-0.3, -0.25) is 19.7 Å². The van der Waals surface area contributed by atoms with Crippen molar-refractivity contribution in [2.75, 3.05) is 18.8 Å². The van der Waals surface area contributed by atoms with Crippen LogP contribution in [0.2, 0.25) is 0 Å². The first-order chi connectivity index (χ1) is 9.04. The van der Waals surface area contributed by atoms with E-state index in [-0.39, 0.29) is 30.6 Å². The van der Waals surface area contributed by atoms with E-state index in [1.165, 1.54) is 28.8 Å². The van der Waals surface area contributed by atoms with E-state index < -0.39 is 11.8 Å². The van der Waals surface area contributed by atoms with Crippen molar-refractivity contribution in [3.05, 3.63) is 30.1 Å². The third-order valence-electron chi connectivity index (χ3n) is 2.48. The molecule has 1 heterocycles. The second-order valence-corrected chi connectivity index (χ2v) is 5.01.